The van der Waals surface area contributed by atoms with Crippen molar-refractivity contribution in [1.29, 1.82) is 0 Å². The van der Waals surface area contributed by atoms with Gasteiger partial charge in [-0.25, -0.2) is 8.78 Å². The van der Waals surface area contributed by atoms with Crippen LogP contribution < -0.4 is 0 Å². The van der Waals surface area contributed by atoms with Gasteiger partial charge in [-0.3, -0.25) is 0 Å². The highest BCUT2D eigenvalue weighted by atomic mass is 79.9. The summed E-state index contributed by atoms with van der Waals surface area (Å²) in [5, 5.41) is 0. The summed E-state index contributed by atoms with van der Waals surface area (Å²) < 4.78 is 22.4. The number of hydrogen-bond acceptors (Lipinski definition) is 0. The summed E-state index contributed by atoms with van der Waals surface area (Å²) in [5.74, 6) is 0. The van der Waals surface area contributed by atoms with E-state index in [0.29, 0.717) is 0 Å². The van der Waals surface area contributed by atoms with Gasteiger partial charge in [-0.1, -0.05) is 13.0 Å². The third-order valence-electron chi connectivity index (χ3n) is 0.861. The second-order valence-corrected chi connectivity index (χ2v) is 2.99. The maximum atomic E-state index is 12.8. The minimum Gasteiger partial charge on any atom is -0.222 e. The largest absolute Gasteiger partial charge is 0.222 e. The average Bonchev–Trinajstić information content (AvgIpc) is 1.84. The van der Waals surface area contributed by atoms with E-state index in [1.165, 1.54) is 6.08 Å². The highest BCUT2D eigenvalue weighted by Gasteiger charge is 2.15. The van der Waals surface area contributed by atoms with E-state index in [-0.39, 0.29) is 6.33 Å². The van der Waals surface area contributed by atoms with Gasteiger partial charge in [0.25, 0.3) is 0 Å². The summed E-state index contributed by atoms with van der Waals surface area (Å²) >= 11 is 2.66. The molecule has 0 spiro atoms. The Kier molecular flexibility index (Phi) is 4.52. The van der Waals surface area contributed by atoms with Crippen molar-refractivity contribution >= 4 is 15.9 Å². The molecule has 0 bridgehead atoms. The molecule has 0 nitrogen and oxygen atoms in total. The Labute approximate surface area is 67.7 Å². The molecule has 0 aromatic carbocycles. The van der Waals surface area contributed by atoms with Gasteiger partial charge in [-0.2, -0.15) is 0 Å². The van der Waals surface area contributed by atoms with Crippen LogP contribution in [0, 0.1) is 0 Å². The van der Waals surface area contributed by atoms with Crippen molar-refractivity contribution in [3.8, 4) is 0 Å². The van der Waals surface area contributed by atoms with E-state index in [0.717, 1.165) is 12.5 Å². The van der Waals surface area contributed by atoms with Gasteiger partial charge in [0.1, 0.15) is 0 Å². The summed E-state index contributed by atoms with van der Waals surface area (Å²) in [6.07, 6.45) is 4.57. The van der Waals surface area contributed by atoms with Crippen molar-refractivity contribution in [3.05, 3.63) is 24.6 Å². The molecular formula is C7H9BrF2. The first kappa shape index (κ1) is 9.82. The monoisotopic (exact) mass is 210 g/mol. The summed E-state index contributed by atoms with van der Waals surface area (Å²) in [6.45, 7) is 1.87. The van der Waals surface area contributed by atoms with Crippen molar-refractivity contribution < 1.29 is 8.78 Å². The number of halogens is 3. The first-order chi connectivity index (χ1) is 4.62. The smallest absolute Gasteiger partial charge is 0.204 e. The molecule has 0 aromatic heterocycles. The van der Waals surface area contributed by atoms with Crippen LogP contribution in [0.5, 0.6) is 0 Å². The van der Waals surface area contributed by atoms with Gasteiger partial charge >= 0.3 is 0 Å². The Morgan fingerprint density at radius 1 is 1.50 bits per heavy atom. The zero-order chi connectivity index (χ0) is 8.04. The Balaban J connectivity index is 3.98. The van der Waals surface area contributed by atoms with E-state index < -0.39 is 4.58 Å². The quantitative estimate of drug-likeness (QED) is 0.495. The molecule has 0 aliphatic heterocycles. The highest BCUT2D eigenvalue weighted by molar-refractivity contribution is 9.10. The number of hydrogen-bond donors (Lipinski definition) is 0. The SMILES string of the molecule is CC/C=C/C(F)(Br)/C=C/F. The van der Waals surface area contributed by atoms with Crippen LogP contribution in [0.4, 0.5) is 8.78 Å². The number of alkyl halides is 2. The summed E-state index contributed by atoms with van der Waals surface area (Å²) in [6, 6.07) is 0. The van der Waals surface area contributed by atoms with Crippen molar-refractivity contribution in [2.75, 3.05) is 0 Å². The summed E-state index contributed by atoms with van der Waals surface area (Å²) in [7, 11) is 0. The molecule has 58 valence electrons. The predicted molar refractivity (Wildman–Crippen MR) is 42.4 cm³/mol. The molecule has 1 unspecified atom stereocenters. The second kappa shape index (κ2) is 4.61. The Hall–Kier alpha value is -0.180. The van der Waals surface area contributed by atoms with Gasteiger partial charge in [-0.15, -0.1) is 0 Å². The molecule has 0 heterocycles. The normalized spacial score (nSPS) is 18.4. The third kappa shape index (κ3) is 4.68. The summed E-state index contributed by atoms with van der Waals surface area (Å²) in [5.41, 5.74) is 0. The molecule has 0 saturated carbocycles. The van der Waals surface area contributed by atoms with Crippen molar-refractivity contribution in [1.82, 2.24) is 0 Å². The van der Waals surface area contributed by atoms with E-state index >= 15 is 0 Å². The number of allylic oxidation sites excluding steroid dienone is 3. The fourth-order valence-corrected chi connectivity index (χ4v) is 0.701. The second-order valence-electron chi connectivity index (χ2n) is 1.78. The van der Waals surface area contributed by atoms with Crippen molar-refractivity contribution in [2.24, 2.45) is 0 Å². The lowest BCUT2D eigenvalue weighted by molar-refractivity contribution is 0.431. The first-order valence-electron chi connectivity index (χ1n) is 2.96. The van der Waals surface area contributed by atoms with E-state index in [2.05, 4.69) is 15.9 Å². The van der Waals surface area contributed by atoms with E-state index in [9.17, 15) is 8.78 Å². The zero-order valence-corrected chi connectivity index (χ0v) is 7.24. The maximum Gasteiger partial charge on any atom is 0.204 e. The lowest BCUT2D eigenvalue weighted by Gasteiger charge is -2.04. The molecule has 0 amide bonds. The van der Waals surface area contributed by atoms with Crippen LogP contribution in [0.25, 0.3) is 0 Å². The standard InChI is InChI=1S/C7H9BrF2/c1-2-3-4-7(8,10)5-6-9/h3-6H,2H2,1H3/b4-3+,6-5+. The van der Waals surface area contributed by atoms with E-state index in [4.69, 9.17) is 0 Å². The maximum absolute atomic E-state index is 12.8. The van der Waals surface area contributed by atoms with Crippen molar-refractivity contribution in [3.63, 3.8) is 0 Å². The molecule has 0 rings (SSSR count). The Morgan fingerprint density at radius 3 is 2.50 bits per heavy atom. The van der Waals surface area contributed by atoms with Crippen LogP contribution >= 0.6 is 15.9 Å². The van der Waals surface area contributed by atoms with Gasteiger partial charge in [0.2, 0.25) is 4.58 Å². The van der Waals surface area contributed by atoms with Gasteiger partial charge < -0.3 is 0 Å². The predicted octanol–water partition coefficient (Wildman–Crippen LogP) is 3.50. The van der Waals surface area contributed by atoms with Crippen LogP contribution in [0.15, 0.2) is 24.6 Å². The first-order valence-corrected chi connectivity index (χ1v) is 3.75. The van der Waals surface area contributed by atoms with Crippen LogP contribution in [-0.4, -0.2) is 4.58 Å². The molecular weight excluding hydrogens is 202 g/mol. The minimum absolute atomic E-state index is 0.175. The van der Waals surface area contributed by atoms with Crippen LogP contribution in [0.1, 0.15) is 13.3 Å². The highest BCUT2D eigenvalue weighted by Crippen LogP contribution is 2.23. The van der Waals surface area contributed by atoms with Crippen molar-refractivity contribution in [2.45, 2.75) is 17.9 Å². The summed E-state index contributed by atoms with van der Waals surface area (Å²) in [4.78, 5) is 0. The molecule has 0 saturated heterocycles. The van der Waals surface area contributed by atoms with Gasteiger partial charge in [-0.05, 0) is 34.5 Å². The van der Waals surface area contributed by atoms with Gasteiger partial charge in [0, 0.05) is 0 Å². The van der Waals surface area contributed by atoms with Gasteiger partial charge in [0.15, 0.2) is 0 Å². The molecule has 0 aromatic rings. The van der Waals surface area contributed by atoms with Crippen LogP contribution in [0.3, 0.4) is 0 Å². The minimum atomic E-state index is -1.82. The molecule has 0 radical (unpaired) electrons. The van der Waals surface area contributed by atoms with Gasteiger partial charge in [0.05, 0.1) is 6.33 Å². The number of rotatable bonds is 3. The lowest BCUT2D eigenvalue weighted by atomic mass is 10.3. The molecule has 0 aliphatic rings. The van der Waals surface area contributed by atoms with Crippen LogP contribution in [-0.2, 0) is 0 Å². The molecule has 0 fully saturated rings. The Morgan fingerprint density at radius 2 is 2.10 bits per heavy atom. The fourth-order valence-electron chi connectivity index (χ4n) is 0.415. The molecule has 0 aliphatic carbocycles. The molecule has 10 heavy (non-hydrogen) atoms. The zero-order valence-electron chi connectivity index (χ0n) is 5.65. The Bertz CT molecular complexity index is 139. The average molecular weight is 211 g/mol. The molecule has 1 atom stereocenters. The topological polar surface area (TPSA) is 0 Å². The lowest BCUT2D eigenvalue weighted by Crippen LogP contribution is -2.02. The van der Waals surface area contributed by atoms with E-state index in [1.807, 2.05) is 6.92 Å². The third-order valence-corrected chi connectivity index (χ3v) is 1.39. The molecule has 0 N–H and O–H groups in total. The van der Waals surface area contributed by atoms with Crippen LogP contribution in [0.2, 0.25) is 0 Å². The van der Waals surface area contributed by atoms with E-state index in [1.54, 1.807) is 6.08 Å². The fraction of sp³-hybridized carbons (Fsp3) is 0.429. The molecule has 3 heteroatoms.